The van der Waals surface area contributed by atoms with Crippen molar-refractivity contribution in [2.24, 2.45) is 0 Å². The fourth-order valence-electron chi connectivity index (χ4n) is 2.48. The number of nitrogens with zero attached hydrogens (tertiary/aromatic N) is 4. The van der Waals surface area contributed by atoms with Crippen molar-refractivity contribution in [3.8, 4) is 11.1 Å². The molecule has 10 heteroatoms. The first-order valence-corrected chi connectivity index (χ1v) is 8.30. The fourth-order valence-corrected chi connectivity index (χ4v) is 2.48. The Morgan fingerprint density at radius 2 is 1.96 bits per heavy atom. The summed E-state index contributed by atoms with van der Waals surface area (Å²) in [5.74, 6) is -0.165. The summed E-state index contributed by atoms with van der Waals surface area (Å²) in [6.07, 6.45) is -0.220. The standard InChI is InChI=1S/C18H18F3N5O2/c1-17(28,11-27)10-26-9-13(8-23-26)12-3-2-4-14(7-12)24-16-22-6-5-15(25-16)18(19,20)21/h2-9,27-28H,10-11H2,1H3,(H,22,24,25)/t17-/m0/s1. The molecular weight excluding hydrogens is 375 g/mol. The van der Waals surface area contributed by atoms with E-state index in [9.17, 15) is 18.3 Å². The molecular formula is C18H18F3N5O2. The van der Waals surface area contributed by atoms with Crippen molar-refractivity contribution in [1.82, 2.24) is 19.7 Å². The average Bonchev–Trinajstić information content (AvgIpc) is 3.09. The number of hydrogen-bond donors (Lipinski definition) is 3. The largest absolute Gasteiger partial charge is 0.433 e. The predicted molar refractivity (Wildman–Crippen MR) is 95.7 cm³/mol. The lowest BCUT2D eigenvalue weighted by molar-refractivity contribution is -0.141. The highest BCUT2D eigenvalue weighted by atomic mass is 19.4. The van der Waals surface area contributed by atoms with Gasteiger partial charge in [0.15, 0.2) is 0 Å². The van der Waals surface area contributed by atoms with Gasteiger partial charge >= 0.3 is 6.18 Å². The van der Waals surface area contributed by atoms with Crippen LogP contribution in [0, 0.1) is 0 Å². The third-order valence-corrected chi connectivity index (χ3v) is 3.87. The van der Waals surface area contributed by atoms with Gasteiger partial charge in [-0.3, -0.25) is 4.68 Å². The highest BCUT2D eigenvalue weighted by molar-refractivity contribution is 5.68. The van der Waals surface area contributed by atoms with E-state index in [0.29, 0.717) is 5.69 Å². The van der Waals surface area contributed by atoms with E-state index in [0.717, 1.165) is 23.4 Å². The molecule has 1 atom stereocenters. The van der Waals surface area contributed by atoms with Crippen LogP contribution in [-0.4, -0.2) is 42.2 Å². The van der Waals surface area contributed by atoms with Crippen molar-refractivity contribution in [3.05, 3.63) is 54.6 Å². The first-order valence-electron chi connectivity index (χ1n) is 8.30. The van der Waals surface area contributed by atoms with Crippen molar-refractivity contribution >= 4 is 11.6 Å². The van der Waals surface area contributed by atoms with Crippen LogP contribution in [0.1, 0.15) is 12.6 Å². The number of halogens is 3. The topological polar surface area (TPSA) is 96.1 Å². The molecule has 7 nitrogen and oxygen atoms in total. The first-order chi connectivity index (χ1) is 13.2. The van der Waals surface area contributed by atoms with Crippen LogP contribution in [0.3, 0.4) is 0 Å². The summed E-state index contributed by atoms with van der Waals surface area (Å²) >= 11 is 0. The van der Waals surface area contributed by atoms with Crippen LogP contribution in [0.2, 0.25) is 0 Å². The molecule has 0 aliphatic heterocycles. The molecule has 28 heavy (non-hydrogen) atoms. The molecule has 3 N–H and O–H groups in total. The Balaban J connectivity index is 1.79. The van der Waals surface area contributed by atoms with E-state index in [1.54, 1.807) is 30.6 Å². The van der Waals surface area contributed by atoms with Gasteiger partial charge in [0.25, 0.3) is 0 Å². The number of aliphatic hydroxyl groups is 2. The number of hydrogen-bond acceptors (Lipinski definition) is 6. The molecule has 0 unspecified atom stereocenters. The Labute approximate surface area is 158 Å². The van der Waals surface area contributed by atoms with Gasteiger partial charge < -0.3 is 15.5 Å². The Bertz CT molecular complexity index is 956. The molecule has 2 heterocycles. The second-order valence-corrected chi connectivity index (χ2v) is 6.55. The first kappa shape index (κ1) is 19.8. The van der Waals surface area contributed by atoms with Gasteiger partial charge in [0.2, 0.25) is 5.95 Å². The Hall–Kier alpha value is -2.98. The molecule has 3 rings (SSSR count). The lowest BCUT2D eigenvalue weighted by Crippen LogP contribution is -2.34. The van der Waals surface area contributed by atoms with E-state index < -0.39 is 24.1 Å². The lowest BCUT2D eigenvalue weighted by atomic mass is 10.1. The molecule has 0 aliphatic carbocycles. The Kier molecular flexibility index (Phi) is 5.34. The van der Waals surface area contributed by atoms with Crippen LogP contribution in [-0.2, 0) is 12.7 Å². The summed E-state index contributed by atoms with van der Waals surface area (Å²) in [6.45, 7) is 1.20. The van der Waals surface area contributed by atoms with Crippen LogP contribution >= 0.6 is 0 Å². The minimum atomic E-state index is -4.55. The zero-order valence-electron chi connectivity index (χ0n) is 14.9. The molecule has 3 aromatic rings. The minimum Gasteiger partial charge on any atom is -0.393 e. The van der Waals surface area contributed by atoms with Crippen molar-refractivity contribution in [3.63, 3.8) is 0 Å². The molecule has 0 radical (unpaired) electrons. The van der Waals surface area contributed by atoms with Gasteiger partial charge in [0, 0.05) is 23.6 Å². The molecule has 0 bridgehead atoms. The zero-order chi connectivity index (χ0) is 20.4. The summed E-state index contributed by atoms with van der Waals surface area (Å²) in [7, 11) is 0. The summed E-state index contributed by atoms with van der Waals surface area (Å²) in [5.41, 5.74) is -0.326. The Morgan fingerprint density at radius 1 is 1.18 bits per heavy atom. The number of aromatic nitrogens is 4. The van der Waals surface area contributed by atoms with Crippen LogP contribution in [0.25, 0.3) is 11.1 Å². The second-order valence-electron chi connectivity index (χ2n) is 6.55. The van der Waals surface area contributed by atoms with Gasteiger partial charge in [-0.25, -0.2) is 9.97 Å². The SMILES string of the molecule is C[C@@](O)(CO)Cn1cc(-c2cccc(Nc3nccc(C(F)(F)F)n3)c2)cn1. The molecule has 0 aliphatic rings. The number of anilines is 2. The molecule has 2 aromatic heterocycles. The molecule has 1 aromatic carbocycles. The highest BCUT2D eigenvalue weighted by Gasteiger charge is 2.32. The van der Waals surface area contributed by atoms with Gasteiger partial charge in [-0.2, -0.15) is 18.3 Å². The molecule has 0 amide bonds. The summed E-state index contributed by atoms with van der Waals surface area (Å²) in [6, 6.07) is 7.73. The highest BCUT2D eigenvalue weighted by Crippen LogP contribution is 2.28. The van der Waals surface area contributed by atoms with Crippen LogP contribution in [0.5, 0.6) is 0 Å². The third kappa shape index (κ3) is 4.84. The van der Waals surface area contributed by atoms with Gasteiger partial charge in [-0.15, -0.1) is 0 Å². The van der Waals surface area contributed by atoms with Gasteiger partial charge in [-0.1, -0.05) is 12.1 Å². The van der Waals surface area contributed by atoms with Crippen LogP contribution in [0.15, 0.2) is 48.9 Å². The van der Waals surface area contributed by atoms with Crippen LogP contribution in [0.4, 0.5) is 24.8 Å². The third-order valence-electron chi connectivity index (χ3n) is 3.87. The number of benzene rings is 1. The van der Waals surface area contributed by atoms with E-state index in [-0.39, 0.29) is 12.5 Å². The van der Waals surface area contributed by atoms with E-state index in [4.69, 9.17) is 5.11 Å². The number of rotatable bonds is 6. The minimum absolute atomic E-state index is 0.111. The lowest BCUT2D eigenvalue weighted by Gasteiger charge is -2.19. The smallest absolute Gasteiger partial charge is 0.393 e. The number of alkyl halides is 3. The normalized spacial score (nSPS) is 13.9. The molecule has 0 saturated carbocycles. The van der Waals surface area contributed by atoms with Gasteiger partial charge in [0.1, 0.15) is 11.3 Å². The number of aliphatic hydroxyl groups excluding tert-OH is 1. The summed E-state index contributed by atoms with van der Waals surface area (Å²) in [5, 5.41) is 26.0. The van der Waals surface area contributed by atoms with Crippen molar-refractivity contribution in [1.29, 1.82) is 0 Å². The fraction of sp³-hybridized carbons (Fsp3) is 0.278. The van der Waals surface area contributed by atoms with Crippen LogP contribution < -0.4 is 5.32 Å². The maximum Gasteiger partial charge on any atom is 0.433 e. The predicted octanol–water partition coefficient (Wildman–Crippen LogP) is 2.85. The monoisotopic (exact) mass is 393 g/mol. The molecule has 148 valence electrons. The van der Waals surface area contributed by atoms with Crippen molar-refractivity contribution < 1.29 is 23.4 Å². The summed E-state index contributed by atoms with van der Waals surface area (Å²) in [4.78, 5) is 7.29. The van der Waals surface area contributed by atoms with Crippen molar-refractivity contribution in [2.75, 3.05) is 11.9 Å². The quantitative estimate of drug-likeness (QED) is 0.596. The van der Waals surface area contributed by atoms with Crippen molar-refractivity contribution in [2.45, 2.75) is 25.2 Å². The summed E-state index contributed by atoms with van der Waals surface area (Å²) < 4.78 is 39.8. The van der Waals surface area contributed by atoms with E-state index >= 15 is 0 Å². The second kappa shape index (κ2) is 7.56. The molecule has 0 saturated heterocycles. The van der Waals surface area contributed by atoms with Gasteiger partial charge in [-0.05, 0) is 30.7 Å². The maximum absolute atomic E-state index is 12.8. The van der Waals surface area contributed by atoms with Gasteiger partial charge in [0.05, 0.1) is 19.3 Å². The number of nitrogens with one attached hydrogen (secondary N) is 1. The zero-order valence-corrected chi connectivity index (χ0v) is 14.9. The average molecular weight is 393 g/mol. The molecule has 0 fully saturated rings. The van der Waals surface area contributed by atoms with E-state index in [2.05, 4.69) is 20.4 Å². The van der Waals surface area contributed by atoms with E-state index in [1.165, 1.54) is 11.6 Å². The van der Waals surface area contributed by atoms with E-state index in [1.807, 2.05) is 6.07 Å². The Morgan fingerprint density at radius 3 is 2.68 bits per heavy atom. The maximum atomic E-state index is 12.8. The molecule has 0 spiro atoms.